The Labute approximate surface area is 107 Å². The number of hydrogen-bond donors (Lipinski definition) is 1. The minimum atomic E-state index is 1.03. The third-order valence-corrected chi connectivity index (χ3v) is 4.79. The summed E-state index contributed by atoms with van der Waals surface area (Å²) in [6.45, 7) is 5.75. The summed E-state index contributed by atoms with van der Waals surface area (Å²) >= 11 is 1.92. The van der Waals surface area contributed by atoms with E-state index >= 15 is 0 Å². The van der Waals surface area contributed by atoms with Crippen molar-refractivity contribution in [1.29, 1.82) is 0 Å². The van der Waals surface area contributed by atoms with Gasteiger partial charge in [0.05, 0.1) is 12.2 Å². The summed E-state index contributed by atoms with van der Waals surface area (Å²) in [4.78, 5) is 8.87. The summed E-state index contributed by atoms with van der Waals surface area (Å²) in [6.07, 6.45) is 6.68. The van der Waals surface area contributed by atoms with Crippen molar-refractivity contribution in [3.63, 3.8) is 0 Å². The van der Waals surface area contributed by atoms with Gasteiger partial charge in [-0.1, -0.05) is 12.8 Å². The van der Waals surface area contributed by atoms with Crippen LogP contribution in [-0.4, -0.2) is 29.5 Å². The van der Waals surface area contributed by atoms with Gasteiger partial charge in [0.2, 0.25) is 0 Å². The van der Waals surface area contributed by atoms with Gasteiger partial charge in [-0.15, -0.1) is 11.3 Å². The number of rotatable bonds is 2. The Kier molecular flexibility index (Phi) is 3.74. The lowest BCUT2D eigenvalue weighted by atomic mass is 10.2. The average molecular weight is 251 g/mol. The van der Waals surface area contributed by atoms with E-state index in [1.54, 1.807) is 0 Å². The summed E-state index contributed by atoms with van der Waals surface area (Å²) in [5.41, 5.74) is 1.36. The number of likely N-dealkylation sites (tertiary alicyclic amines) is 1. The molecule has 0 radical (unpaired) electrons. The topological polar surface area (TPSA) is 28.2 Å². The Morgan fingerprint density at radius 3 is 2.76 bits per heavy atom. The van der Waals surface area contributed by atoms with Gasteiger partial charge in [0, 0.05) is 24.4 Å². The quantitative estimate of drug-likeness (QED) is 0.873. The van der Waals surface area contributed by atoms with Crippen molar-refractivity contribution in [3.8, 4) is 0 Å². The summed E-state index contributed by atoms with van der Waals surface area (Å²) in [5, 5.41) is 4.76. The molecule has 3 rings (SSSR count). The van der Waals surface area contributed by atoms with Crippen LogP contribution in [0.25, 0.3) is 0 Å². The summed E-state index contributed by atoms with van der Waals surface area (Å²) < 4.78 is 0. The van der Waals surface area contributed by atoms with Gasteiger partial charge in [0.25, 0.3) is 0 Å². The fourth-order valence-electron chi connectivity index (χ4n) is 2.73. The van der Waals surface area contributed by atoms with Crippen molar-refractivity contribution in [2.45, 2.75) is 45.2 Å². The molecule has 4 heteroatoms. The van der Waals surface area contributed by atoms with Crippen LogP contribution in [0.5, 0.6) is 0 Å². The van der Waals surface area contributed by atoms with E-state index in [-0.39, 0.29) is 0 Å². The molecule has 0 aliphatic carbocycles. The average Bonchev–Trinajstić information content (AvgIpc) is 2.57. The molecule has 1 aromatic heterocycles. The predicted molar refractivity (Wildman–Crippen MR) is 71.3 cm³/mol. The van der Waals surface area contributed by atoms with E-state index in [0.717, 1.165) is 26.1 Å². The highest BCUT2D eigenvalue weighted by Crippen LogP contribution is 2.23. The molecule has 3 nitrogen and oxygen atoms in total. The molecule has 17 heavy (non-hydrogen) atoms. The van der Waals surface area contributed by atoms with Gasteiger partial charge in [-0.2, -0.15) is 0 Å². The van der Waals surface area contributed by atoms with Crippen molar-refractivity contribution in [1.82, 2.24) is 15.2 Å². The third kappa shape index (κ3) is 2.87. The van der Waals surface area contributed by atoms with Crippen molar-refractivity contribution in [3.05, 3.63) is 15.6 Å². The van der Waals surface area contributed by atoms with Crippen molar-refractivity contribution in [2.75, 3.05) is 19.6 Å². The fraction of sp³-hybridized carbons (Fsp3) is 0.769. The van der Waals surface area contributed by atoms with Gasteiger partial charge < -0.3 is 5.32 Å². The SMILES string of the molecule is C1CCCN(Cc2nc3c(s2)CNCC3)CC1. The molecular weight excluding hydrogens is 230 g/mol. The second-order valence-corrected chi connectivity index (χ2v) is 6.26. The van der Waals surface area contributed by atoms with E-state index in [1.165, 1.54) is 54.4 Å². The Balaban J connectivity index is 1.65. The lowest BCUT2D eigenvalue weighted by Crippen LogP contribution is -2.24. The maximum Gasteiger partial charge on any atom is 0.107 e. The minimum Gasteiger partial charge on any atom is -0.311 e. The summed E-state index contributed by atoms with van der Waals surface area (Å²) in [6, 6.07) is 0. The normalized spacial score (nSPS) is 22.1. The van der Waals surface area contributed by atoms with Crippen LogP contribution in [0.3, 0.4) is 0 Å². The number of fused-ring (bicyclic) bond motifs is 1. The minimum absolute atomic E-state index is 1.03. The number of nitrogens with zero attached hydrogens (tertiary/aromatic N) is 2. The van der Waals surface area contributed by atoms with E-state index in [1.807, 2.05) is 11.3 Å². The molecule has 0 bridgehead atoms. The lowest BCUT2D eigenvalue weighted by Gasteiger charge is -2.17. The number of hydrogen-bond acceptors (Lipinski definition) is 4. The van der Waals surface area contributed by atoms with Gasteiger partial charge in [0.15, 0.2) is 0 Å². The number of thiazole rings is 1. The second kappa shape index (κ2) is 5.46. The fourth-order valence-corrected chi connectivity index (χ4v) is 3.86. The molecule has 1 fully saturated rings. The van der Waals surface area contributed by atoms with Crippen LogP contribution in [0.4, 0.5) is 0 Å². The van der Waals surface area contributed by atoms with Crippen LogP contribution >= 0.6 is 11.3 Å². The van der Waals surface area contributed by atoms with Gasteiger partial charge in [-0.05, 0) is 25.9 Å². The lowest BCUT2D eigenvalue weighted by molar-refractivity contribution is 0.276. The summed E-state index contributed by atoms with van der Waals surface area (Å²) in [5.74, 6) is 0. The zero-order valence-electron chi connectivity index (χ0n) is 10.4. The Bertz CT molecular complexity index is 343. The van der Waals surface area contributed by atoms with Crippen LogP contribution in [0.2, 0.25) is 0 Å². The van der Waals surface area contributed by atoms with Crippen LogP contribution in [0.1, 0.15) is 41.3 Å². The number of nitrogens with one attached hydrogen (secondary N) is 1. The Morgan fingerprint density at radius 1 is 1.18 bits per heavy atom. The maximum atomic E-state index is 4.81. The van der Waals surface area contributed by atoms with E-state index in [9.17, 15) is 0 Å². The molecule has 0 saturated carbocycles. The Morgan fingerprint density at radius 2 is 2.00 bits per heavy atom. The van der Waals surface area contributed by atoms with E-state index in [0.29, 0.717) is 0 Å². The first-order valence-electron chi connectivity index (χ1n) is 6.82. The molecule has 0 spiro atoms. The van der Waals surface area contributed by atoms with Crippen LogP contribution in [-0.2, 0) is 19.5 Å². The van der Waals surface area contributed by atoms with E-state index in [2.05, 4.69) is 10.2 Å². The first-order valence-corrected chi connectivity index (χ1v) is 7.64. The molecule has 1 aromatic rings. The second-order valence-electron chi connectivity index (χ2n) is 5.09. The first kappa shape index (κ1) is 11.6. The molecule has 2 aliphatic heterocycles. The van der Waals surface area contributed by atoms with Crippen LogP contribution < -0.4 is 5.32 Å². The highest BCUT2D eigenvalue weighted by molar-refractivity contribution is 7.11. The molecule has 1 saturated heterocycles. The van der Waals surface area contributed by atoms with Crippen LogP contribution in [0, 0.1) is 0 Å². The van der Waals surface area contributed by atoms with Gasteiger partial charge in [-0.3, -0.25) is 4.90 Å². The number of aromatic nitrogens is 1. The molecule has 0 unspecified atom stereocenters. The van der Waals surface area contributed by atoms with E-state index in [4.69, 9.17) is 4.98 Å². The zero-order chi connectivity index (χ0) is 11.5. The molecule has 94 valence electrons. The molecule has 3 heterocycles. The summed E-state index contributed by atoms with van der Waals surface area (Å²) in [7, 11) is 0. The van der Waals surface area contributed by atoms with Crippen molar-refractivity contribution in [2.24, 2.45) is 0 Å². The maximum absolute atomic E-state index is 4.81. The molecule has 0 aromatic carbocycles. The smallest absolute Gasteiger partial charge is 0.107 e. The van der Waals surface area contributed by atoms with Crippen molar-refractivity contribution >= 4 is 11.3 Å². The molecule has 0 amide bonds. The molecule has 2 aliphatic rings. The monoisotopic (exact) mass is 251 g/mol. The highest BCUT2D eigenvalue weighted by atomic mass is 32.1. The van der Waals surface area contributed by atoms with Crippen molar-refractivity contribution < 1.29 is 0 Å². The zero-order valence-corrected chi connectivity index (χ0v) is 11.2. The Hall–Kier alpha value is -0.450. The van der Waals surface area contributed by atoms with Gasteiger partial charge in [-0.25, -0.2) is 4.98 Å². The molecule has 0 atom stereocenters. The third-order valence-electron chi connectivity index (χ3n) is 3.70. The van der Waals surface area contributed by atoms with E-state index < -0.39 is 0 Å². The molecular formula is C13H21N3S. The predicted octanol–water partition coefficient (Wildman–Crippen LogP) is 2.16. The highest BCUT2D eigenvalue weighted by Gasteiger charge is 2.17. The van der Waals surface area contributed by atoms with Gasteiger partial charge >= 0.3 is 0 Å². The van der Waals surface area contributed by atoms with Gasteiger partial charge in [0.1, 0.15) is 5.01 Å². The standard InChI is InChI=1S/C13H21N3S/c1-2-4-8-16(7-3-1)10-13-15-11-5-6-14-9-12(11)17-13/h14H,1-10H2. The largest absolute Gasteiger partial charge is 0.311 e. The first-order chi connectivity index (χ1) is 8.42. The molecule has 1 N–H and O–H groups in total. The van der Waals surface area contributed by atoms with Crippen LogP contribution in [0.15, 0.2) is 0 Å².